The average Bonchev–Trinajstić information content (AvgIpc) is 2.38. The van der Waals surface area contributed by atoms with Crippen molar-refractivity contribution in [3.8, 4) is 11.1 Å². The molecule has 0 bridgehead atoms. The summed E-state index contributed by atoms with van der Waals surface area (Å²) in [5, 5.41) is 0. The zero-order valence-corrected chi connectivity index (χ0v) is 11.1. The van der Waals surface area contributed by atoms with Gasteiger partial charge >= 0.3 is 0 Å². The van der Waals surface area contributed by atoms with E-state index in [1.165, 1.54) is 22.3 Å². The summed E-state index contributed by atoms with van der Waals surface area (Å²) in [5.74, 6) is 0.674. The minimum Gasteiger partial charge on any atom is -0.326 e. The van der Waals surface area contributed by atoms with Gasteiger partial charge in [0.25, 0.3) is 0 Å². The van der Waals surface area contributed by atoms with E-state index in [2.05, 4.69) is 56.3 Å². The van der Waals surface area contributed by atoms with E-state index in [0.717, 1.165) is 6.42 Å². The van der Waals surface area contributed by atoms with Gasteiger partial charge in [-0.25, -0.2) is 0 Å². The van der Waals surface area contributed by atoms with Crippen LogP contribution in [0.1, 0.15) is 25.0 Å². The minimum atomic E-state index is 0.597. The molecule has 0 amide bonds. The van der Waals surface area contributed by atoms with Gasteiger partial charge in [-0.05, 0) is 46.7 Å². The summed E-state index contributed by atoms with van der Waals surface area (Å²) in [6.07, 6.45) is 1.10. The summed E-state index contributed by atoms with van der Waals surface area (Å²) < 4.78 is 0. The van der Waals surface area contributed by atoms with Crippen LogP contribution in [0.4, 0.5) is 0 Å². The lowest BCUT2D eigenvalue weighted by Crippen LogP contribution is -1.96. The van der Waals surface area contributed by atoms with Crippen LogP contribution in [0.15, 0.2) is 42.5 Å². The smallest absolute Gasteiger partial charge is 0.0178 e. The molecular formula is C17H20N. The second-order valence-electron chi connectivity index (χ2n) is 5.13. The summed E-state index contributed by atoms with van der Waals surface area (Å²) in [6.45, 7) is 5.07. The van der Waals surface area contributed by atoms with Crippen molar-refractivity contribution in [3.05, 3.63) is 59.7 Å². The molecule has 0 aliphatic carbocycles. The van der Waals surface area contributed by atoms with Crippen molar-refractivity contribution in [3.63, 3.8) is 0 Å². The Kier molecular flexibility index (Phi) is 4.16. The maximum atomic E-state index is 5.61. The summed E-state index contributed by atoms with van der Waals surface area (Å²) >= 11 is 0. The normalized spacial score (nSPS) is 10.9. The second-order valence-corrected chi connectivity index (χ2v) is 5.13. The van der Waals surface area contributed by atoms with E-state index in [-0.39, 0.29) is 0 Å². The first-order chi connectivity index (χ1) is 8.69. The molecule has 0 fully saturated rings. The molecule has 0 saturated heterocycles. The Morgan fingerprint density at radius 3 is 2.33 bits per heavy atom. The Balaban J connectivity index is 2.26. The van der Waals surface area contributed by atoms with Crippen LogP contribution in [-0.2, 0) is 13.0 Å². The third kappa shape index (κ3) is 3.21. The molecule has 0 aliphatic heterocycles. The highest BCUT2D eigenvalue weighted by molar-refractivity contribution is 5.64. The third-order valence-electron chi connectivity index (χ3n) is 3.02. The van der Waals surface area contributed by atoms with Crippen LogP contribution in [0, 0.1) is 12.0 Å². The Bertz CT molecular complexity index is 497. The number of hydrogen-bond donors (Lipinski definition) is 1. The lowest BCUT2D eigenvalue weighted by atomic mass is 9.97. The fourth-order valence-corrected chi connectivity index (χ4v) is 2.11. The molecule has 0 heterocycles. The van der Waals surface area contributed by atoms with Gasteiger partial charge in [-0.1, -0.05) is 50.2 Å². The van der Waals surface area contributed by atoms with Gasteiger partial charge in [0.15, 0.2) is 0 Å². The molecule has 0 atom stereocenters. The summed E-state index contributed by atoms with van der Waals surface area (Å²) in [4.78, 5) is 0. The van der Waals surface area contributed by atoms with Crippen molar-refractivity contribution in [1.82, 2.24) is 0 Å². The number of nitrogens with two attached hydrogens (primary N) is 1. The third-order valence-corrected chi connectivity index (χ3v) is 3.02. The molecule has 93 valence electrons. The summed E-state index contributed by atoms with van der Waals surface area (Å²) in [6, 6.07) is 18.1. The largest absolute Gasteiger partial charge is 0.326 e. The van der Waals surface area contributed by atoms with E-state index < -0.39 is 0 Å². The topological polar surface area (TPSA) is 26.0 Å². The fraction of sp³-hybridized carbons (Fsp3) is 0.294. The average molecular weight is 238 g/mol. The lowest BCUT2D eigenvalue weighted by Gasteiger charge is -2.08. The highest BCUT2D eigenvalue weighted by atomic mass is 14.5. The van der Waals surface area contributed by atoms with Crippen LogP contribution >= 0.6 is 0 Å². The van der Waals surface area contributed by atoms with Crippen LogP contribution < -0.4 is 5.73 Å². The van der Waals surface area contributed by atoms with Crippen molar-refractivity contribution >= 4 is 0 Å². The molecule has 1 nitrogen and oxygen atoms in total. The highest BCUT2D eigenvalue weighted by Gasteiger charge is 2.02. The van der Waals surface area contributed by atoms with Gasteiger partial charge in [0.05, 0.1) is 0 Å². The quantitative estimate of drug-likeness (QED) is 0.861. The fourth-order valence-electron chi connectivity index (χ4n) is 2.11. The molecule has 0 aliphatic rings. The highest BCUT2D eigenvalue weighted by Crippen LogP contribution is 2.21. The maximum Gasteiger partial charge on any atom is 0.0178 e. The summed E-state index contributed by atoms with van der Waals surface area (Å²) in [7, 11) is 0. The van der Waals surface area contributed by atoms with Gasteiger partial charge in [-0.15, -0.1) is 0 Å². The Morgan fingerprint density at radius 1 is 1.00 bits per heavy atom. The van der Waals surface area contributed by atoms with E-state index in [9.17, 15) is 0 Å². The van der Waals surface area contributed by atoms with E-state index in [1.54, 1.807) is 0 Å². The second kappa shape index (κ2) is 5.83. The molecule has 1 radical (unpaired) electrons. The monoisotopic (exact) mass is 238 g/mol. The van der Waals surface area contributed by atoms with Crippen molar-refractivity contribution in [2.75, 3.05) is 0 Å². The molecule has 2 aromatic rings. The predicted molar refractivity (Wildman–Crippen MR) is 77.1 cm³/mol. The van der Waals surface area contributed by atoms with E-state index in [0.29, 0.717) is 12.5 Å². The lowest BCUT2D eigenvalue weighted by molar-refractivity contribution is 0.647. The Hall–Kier alpha value is -1.60. The zero-order chi connectivity index (χ0) is 13.0. The van der Waals surface area contributed by atoms with E-state index >= 15 is 0 Å². The SMILES string of the molecule is CC(C)Cc1c[c]cc(-c2ccc(CN)cc2)c1. The van der Waals surface area contributed by atoms with Crippen LogP contribution in [0.25, 0.3) is 11.1 Å². The first-order valence-corrected chi connectivity index (χ1v) is 6.48. The first-order valence-electron chi connectivity index (χ1n) is 6.48. The molecular weight excluding hydrogens is 218 g/mol. The molecule has 18 heavy (non-hydrogen) atoms. The van der Waals surface area contributed by atoms with Crippen molar-refractivity contribution in [2.24, 2.45) is 11.7 Å². The Labute approximate surface area is 110 Å². The van der Waals surface area contributed by atoms with Crippen LogP contribution in [0.2, 0.25) is 0 Å². The van der Waals surface area contributed by atoms with Crippen LogP contribution in [0.5, 0.6) is 0 Å². The predicted octanol–water partition coefficient (Wildman–Crippen LogP) is 3.81. The first kappa shape index (κ1) is 12.8. The zero-order valence-electron chi connectivity index (χ0n) is 11.1. The van der Waals surface area contributed by atoms with Gasteiger partial charge in [0.2, 0.25) is 0 Å². The van der Waals surface area contributed by atoms with Gasteiger partial charge in [-0.2, -0.15) is 0 Å². The maximum absolute atomic E-state index is 5.61. The van der Waals surface area contributed by atoms with Gasteiger partial charge in [-0.3, -0.25) is 0 Å². The minimum absolute atomic E-state index is 0.597. The molecule has 2 rings (SSSR count). The van der Waals surface area contributed by atoms with Crippen molar-refractivity contribution < 1.29 is 0 Å². The van der Waals surface area contributed by atoms with Gasteiger partial charge < -0.3 is 5.73 Å². The molecule has 0 unspecified atom stereocenters. The molecule has 2 N–H and O–H groups in total. The number of hydrogen-bond acceptors (Lipinski definition) is 1. The number of rotatable bonds is 4. The molecule has 0 aromatic heterocycles. The number of benzene rings is 2. The van der Waals surface area contributed by atoms with Crippen molar-refractivity contribution in [1.29, 1.82) is 0 Å². The molecule has 1 heteroatoms. The molecule has 0 saturated carbocycles. The van der Waals surface area contributed by atoms with Gasteiger partial charge in [0.1, 0.15) is 0 Å². The van der Waals surface area contributed by atoms with Crippen LogP contribution in [-0.4, -0.2) is 0 Å². The van der Waals surface area contributed by atoms with Gasteiger partial charge in [0, 0.05) is 6.54 Å². The van der Waals surface area contributed by atoms with Crippen molar-refractivity contribution in [2.45, 2.75) is 26.8 Å². The van der Waals surface area contributed by atoms with E-state index in [1.807, 2.05) is 6.07 Å². The summed E-state index contributed by atoms with van der Waals surface area (Å²) in [5.41, 5.74) is 10.6. The molecule has 2 aromatic carbocycles. The van der Waals surface area contributed by atoms with Crippen LogP contribution in [0.3, 0.4) is 0 Å². The standard InChI is InChI=1S/C17H20N/c1-13(2)10-15-4-3-5-17(11-15)16-8-6-14(12-18)7-9-16/h4-9,11,13H,10,12,18H2,1-2H3. The Morgan fingerprint density at radius 2 is 1.72 bits per heavy atom. The van der Waals surface area contributed by atoms with E-state index in [4.69, 9.17) is 5.73 Å². The molecule has 0 spiro atoms.